The van der Waals surface area contributed by atoms with Gasteiger partial charge in [-0.3, -0.25) is 9.36 Å². The maximum absolute atomic E-state index is 12.4. The minimum atomic E-state index is 0.0895. The van der Waals surface area contributed by atoms with Crippen molar-refractivity contribution in [3.8, 4) is 5.69 Å². The van der Waals surface area contributed by atoms with Crippen LogP contribution in [-0.2, 0) is 4.79 Å². The molecule has 0 saturated heterocycles. The lowest BCUT2D eigenvalue weighted by molar-refractivity contribution is -0.117. The first-order valence-corrected chi connectivity index (χ1v) is 8.34. The van der Waals surface area contributed by atoms with E-state index < -0.39 is 0 Å². The number of nitrogens with one attached hydrogen (secondary N) is 1. The molecule has 2 heterocycles. The highest BCUT2D eigenvalue weighted by Gasteiger charge is 2.44. The summed E-state index contributed by atoms with van der Waals surface area (Å²) in [6.45, 7) is 2.10. The average molecular weight is 324 g/mol. The van der Waals surface area contributed by atoms with Crippen LogP contribution in [0.3, 0.4) is 0 Å². The number of benzene rings is 1. The molecule has 1 N–H and O–H groups in total. The van der Waals surface area contributed by atoms with E-state index in [4.69, 9.17) is 0 Å². The summed E-state index contributed by atoms with van der Waals surface area (Å²) in [6, 6.07) is 12.0. The monoisotopic (exact) mass is 324 g/mol. The van der Waals surface area contributed by atoms with E-state index in [0.717, 1.165) is 17.8 Å². The third-order valence-corrected chi connectivity index (χ3v) is 5.22. The molecule has 1 fully saturated rings. The Bertz CT molecular complexity index is 840. The predicted octanol–water partition coefficient (Wildman–Crippen LogP) is 3.38. The molecule has 0 radical (unpaired) electrons. The third kappa shape index (κ3) is 2.90. The molecule has 2 aromatic heterocycles. The minimum Gasteiger partial charge on any atom is -0.326 e. The van der Waals surface area contributed by atoms with Crippen LogP contribution in [0.15, 0.2) is 49.1 Å². The molecule has 0 spiro atoms. The van der Waals surface area contributed by atoms with Crippen LogP contribution in [0, 0.1) is 12.8 Å². The van der Waals surface area contributed by atoms with Gasteiger partial charge in [0.1, 0.15) is 12.7 Å². The Hall–Kier alpha value is -2.47. The van der Waals surface area contributed by atoms with Gasteiger partial charge in [-0.2, -0.15) is 0 Å². The highest BCUT2D eigenvalue weighted by Crippen LogP contribution is 2.50. The van der Waals surface area contributed by atoms with Gasteiger partial charge in [-0.15, -0.1) is 21.5 Å². The Labute approximate surface area is 138 Å². The molecule has 1 amide bonds. The SMILES string of the molecule is Cc1ccc([C@@H]2C[C@H]2C(=O)Nc2cccc(-n3cnnc3)c2)s1. The van der Waals surface area contributed by atoms with Crippen LogP contribution in [0.4, 0.5) is 5.69 Å². The van der Waals surface area contributed by atoms with Crippen molar-refractivity contribution < 1.29 is 4.79 Å². The molecular weight excluding hydrogens is 308 g/mol. The fraction of sp³-hybridized carbons (Fsp3) is 0.235. The molecule has 5 nitrogen and oxygen atoms in total. The largest absolute Gasteiger partial charge is 0.326 e. The zero-order valence-corrected chi connectivity index (χ0v) is 13.5. The first-order chi connectivity index (χ1) is 11.2. The number of hydrogen-bond donors (Lipinski definition) is 1. The van der Waals surface area contributed by atoms with Gasteiger partial charge in [0, 0.05) is 27.3 Å². The van der Waals surface area contributed by atoms with E-state index >= 15 is 0 Å². The van der Waals surface area contributed by atoms with Crippen molar-refractivity contribution in [3.05, 3.63) is 58.8 Å². The summed E-state index contributed by atoms with van der Waals surface area (Å²) in [5.74, 6) is 0.573. The molecule has 4 rings (SSSR count). The van der Waals surface area contributed by atoms with E-state index in [2.05, 4.69) is 34.6 Å². The number of rotatable bonds is 4. The molecule has 1 aromatic carbocycles. The highest BCUT2D eigenvalue weighted by atomic mass is 32.1. The van der Waals surface area contributed by atoms with Crippen molar-refractivity contribution in [3.63, 3.8) is 0 Å². The lowest BCUT2D eigenvalue weighted by Crippen LogP contribution is -2.14. The van der Waals surface area contributed by atoms with Gasteiger partial charge in [0.25, 0.3) is 0 Å². The van der Waals surface area contributed by atoms with Gasteiger partial charge in [0.2, 0.25) is 5.91 Å². The topological polar surface area (TPSA) is 59.8 Å². The number of hydrogen-bond acceptors (Lipinski definition) is 4. The molecule has 116 valence electrons. The number of anilines is 1. The van der Waals surface area contributed by atoms with Crippen LogP contribution in [0.25, 0.3) is 5.69 Å². The van der Waals surface area contributed by atoms with Crippen LogP contribution in [0.2, 0.25) is 0 Å². The normalized spacial score (nSPS) is 19.5. The zero-order chi connectivity index (χ0) is 15.8. The van der Waals surface area contributed by atoms with Gasteiger partial charge >= 0.3 is 0 Å². The lowest BCUT2D eigenvalue weighted by atomic mass is 10.2. The van der Waals surface area contributed by atoms with Crippen molar-refractivity contribution >= 4 is 22.9 Å². The fourth-order valence-electron chi connectivity index (χ4n) is 2.77. The smallest absolute Gasteiger partial charge is 0.228 e. The molecule has 23 heavy (non-hydrogen) atoms. The van der Waals surface area contributed by atoms with Crippen LogP contribution < -0.4 is 5.32 Å². The average Bonchev–Trinajstić information content (AvgIpc) is 2.95. The summed E-state index contributed by atoms with van der Waals surface area (Å²) < 4.78 is 1.81. The number of nitrogens with zero attached hydrogens (tertiary/aromatic N) is 3. The van der Waals surface area contributed by atoms with E-state index in [1.807, 2.05) is 28.8 Å². The Morgan fingerprint density at radius 2 is 2.09 bits per heavy atom. The van der Waals surface area contributed by atoms with E-state index in [9.17, 15) is 4.79 Å². The van der Waals surface area contributed by atoms with E-state index in [-0.39, 0.29) is 11.8 Å². The summed E-state index contributed by atoms with van der Waals surface area (Å²) in [4.78, 5) is 15.0. The quantitative estimate of drug-likeness (QED) is 0.800. The molecule has 0 unspecified atom stereocenters. The molecule has 6 heteroatoms. The standard InChI is InChI=1S/C17H16N4OS/c1-11-5-6-16(23-11)14-8-15(14)17(22)20-12-3-2-4-13(7-12)21-9-18-19-10-21/h2-7,9-10,14-15H,8H2,1H3,(H,20,22)/t14-,15-/m1/s1. The van der Waals surface area contributed by atoms with Crippen molar-refractivity contribution in [1.29, 1.82) is 0 Å². The summed E-state index contributed by atoms with van der Waals surface area (Å²) in [6.07, 6.45) is 4.21. The molecule has 0 bridgehead atoms. The van der Waals surface area contributed by atoms with Gasteiger partial charge < -0.3 is 5.32 Å². The second-order valence-corrected chi connectivity index (χ2v) is 7.13. The molecule has 1 saturated carbocycles. The zero-order valence-electron chi connectivity index (χ0n) is 12.6. The van der Waals surface area contributed by atoms with Crippen molar-refractivity contribution in [2.24, 2.45) is 5.92 Å². The molecule has 1 aliphatic carbocycles. The minimum absolute atomic E-state index is 0.0895. The molecule has 3 aromatic rings. The molecule has 2 atom stereocenters. The molecule has 0 aliphatic heterocycles. The van der Waals surface area contributed by atoms with Gasteiger partial charge in [-0.1, -0.05) is 6.07 Å². The summed E-state index contributed by atoms with van der Waals surface area (Å²) in [5.41, 5.74) is 1.73. The number of carbonyl (C=O) groups excluding carboxylic acids is 1. The Kier molecular flexibility index (Phi) is 3.46. The van der Waals surface area contributed by atoms with Crippen LogP contribution in [0.1, 0.15) is 22.1 Å². The van der Waals surface area contributed by atoms with Crippen LogP contribution >= 0.6 is 11.3 Å². The second-order valence-electron chi connectivity index (χ2n) is 5.81. The Morgan fingerprint density at radius 1 is 1.26 bits per heavy atom. The van der Waals surface area contributed by atoms with Crippen molar-refractivity contribution in [1.82, 2.24) is 14.8 Å². The maximum Gasteiger partial charge on any atom is 0.228 e. The van der Waals surface area contributed by atoms with Gasteiger partial charge in [-0.25, -0.2) is 0 Å². The second kappa shape index (κ2) is 5.62. The van der Waals surface area contributed by atoms with E-state index in [1.165, 1.54) is 9.75 Å². The van der Waals surface area contributed by atoms with E-state index in [0.29, 0.717) is 5.92 Å². The van der Waals surface area contributed by atoms with Crippen LogP contribution in [-0.4, -0.2) is 20.7 Å². The van der Waals surface area contributed by atoms with Gasteiger partial charge in [0.15, 0.2) is 0 Å². The Morgan fingerprint density at radius 3 is 2.83 bits per heavy atom. The Balaban J connectivity index is 1.45. The number of carbonyl (C=O) groups is 1. The fourth-order valence-corrected chi connectivity index (χ4v) is 3.82. The molecular formula is C17H16N4OS. The van der Waals surface area contributed by atoms with Gasteiger partial charge in [0.05, 0.1) is 5.69 Å². The highest BCUT2D eigenvalue weighted by molar-refractivity contribution is 7.12. The van der Waals surface area contributed by atoms with Crippen LogP contribution in [0.5, 0.6) is 0 Å². The number of aryl methyl sites for hydroxylation is 1. The first kappa shape index (κ1) is 14.1. The third-order valence-electron chi connectivity index (χ3n) is 4.08. The molecule has 1 aliphatic rings. The van der Waals surface area contributed by atoms with Gasteiger partial charge in [-0.05, 0) is 43.7 Å². The number of aromatic nitrogens is 3. The maximum atomic E-state index is 12.4. The first-order valence-electron chi connectivity index (χ1n) is 7.53. The van der Waals surface area contributed by atoms with Crippen molar-refractivity contribution in [2.45, 2.75) is 19.3 Å². The summed E-state index contributed by atoms with van der Waals surface area (Å²) in [5, 5.41) is 10.6. The number of amides is 1. The summed E-state index contributed by atoms with van der Waals surface area (Å²) >= 11 is 1.79. The lowest BCUT2D eigenvalue weighted by Gasteiger charge is -2.07. The van der Waals surface area contributed by atoms with Crippen molar-refractivity contribution in [2.75, 3.05) is 5.32 Å². The number of thiophene rings is 1. The van der Waals surface area contributed by atoms with E-state index in [1.54, 1.807) is 24.0 Å². The summed E-state index contributed by atoms with van der Waals surface area (Å²) in [7, 11) is 0. The predicted molar refractivity (Wildman–Crippen MR) is 89.9 cm³/mol.